The van der Waals surface area contributed by atoms with Crippen LogP contribution in [-0.4, -0.2) is 51.4 Å². The van der Waals surface area contributed by atoms with Gasteiger partial charge in [0, 0.05) is 49.9 Å². The molecule has 0 spiro atoms. The van der Waals surface area contributed by atoms with Gasteiger partial charge in [0.05, 0.1) is 28.5 Å². The van der Waals surface area contributed by atoms with Gasteiger partial charge < -0.3 is 15.0 Å². The molecule has 0 amide bonds. The zero-order chi connectivity index (χ0) is 32.8. The van der Waals surface area contributed by atoms with Gasteiger partial charge in [-0.15, -0.1) is 0 Å². The smallest absolute Gasteiger partial charge is 0.351 e. The predicted molar refractivity (Wildman–Crippen MR) is 169 cm³/mol. The lowest BCUT2D eigenvalue weighted by molar-refractivity contribution is -0.0907. The van der Waals surface area contributed by atoms with E-state index < -0.39 is 40.4 Å². The van der Waals surface area contributed by atoms with E-state index in [9.17, 15) is 14.9 Å². The van der Waals surface area contributed by atoms with E-state index in [0.29, 0.717) is 63.1 Å². The molecule has 0 aliphatic carbocycles. The van der Waals surface area contributed by atoms with Gasteiger partial charge in [0.1, 0.15) is 17.3 Å². The van der Waals surface area contributed by atoms with Crippen molar-refractivity contribution < 1.29 is 17.9 Å². The highest BCUT2D eigenvalue weighted by Gasteiger charge is 2.45. The van der Waals surface area contributed by atoms with E-state index in [1.807, 2.05) is 0 Å². The quantitative estimate of drug-likeness (QED) is 0.383. The minimum Gasteiger partial charge on any atom is -0.381 e. The van der Waals surface area contributed by atoms with Gasteiger partial charge in [-0.05, 0) is 71.5 Å². The fraction of sp³-hybridized carbons (Fsp3) is 0.588. The number of nitrogens with zero attached hydrogens (tertiary/aromatic N) is 5. The summed E-state index contributed by atoms with van der Waals surface area (Å²) in [5.74, 6) is -5.22. The molecule has 2 atom stereocenters. The van der Waals surface area contributed by atoms with E-state index >= 15 is 13.2 Å². The van der Waals surface area contributed by atoms with Crippen LogP contribution < -0.4 is 16.6 Å². The van der Waals surface area contributed by atoms with Gasteiger partial charge in [-0.25, -0.2) is 18.0 Å². The molecule has 2 fully saturated rings. The Morgan fingerprint density at radius 3 is 2.46 bits per heavy atom. The molecule has 9 nitrogen and oxygen atoms in total. The summed E-state index contributed by atoms with van der Waals surface area (Å²) >= 11 is 0. The molecule has 6 aliphatic heterocycles. The Balaban J connectivity index is 1.53. The van der Waals surface area contributed by atoms with E-state index in [1.165, 1.54) is 21.3 Å². The van der Waals surface area contributed by atoms with Crippen LogP contribution in [0.25, 0.3) is 11.0 Å². The standard InChI is InChI=1S/C34H41F3N6O3/c1-21-7-4-5-14-43-30-25(19-27(31(44)41(30)3)33(20-38)12-17-46-18-13-33)29(40-32(43)45)39-22(2)24-8-6-9-26(28(24)35)34(36,37)23-10-15-42(21)16-11-23/h6,8-9,19,21-23H,4-5,7,10-18H2,1-3H3,(H,39,40,45)/t21?,22-/m1/s1. The highest BCUT2D eigenvalue weighted by Crippen LogP contribution is 2.44. The van der Waals surface area contributed by atoms with E-state index in [1.54, 1.807) is 20.0 Å². The zero-order valence-corrected chi connectivity index (χ0v) is 26.6. The van der Waals surface area contributed by atoms with Crippen molar-refractivity contribution in [2.75, 3.05) is 31.6 Å². The van der Waals surface area contributed by atoms with Crippen molar-refractivity contribution >= 4 is 16.9 Å². The number of nitriles is 1. The molecule has 1 unspecified atom stereocenters. The Morgan fingerprint density at radius 1 is 1.04 bits per heavy atom. The second kappa shape index (κ2) is 12.5. The van der Waals surface area contributed by atoms with Gasteiger partial charge >= 0.3 is 5.69 Å². The summed E-state index contributed by atoms with van der Waals surface area (Å²) in [4.78, 5) is 34.1. The van der Waals surface area contributed by atoms with Crippen LogP contribution in [0.3, 0.4) is 0 Å². The van der Waals surface area contributed by atoms with Crippen LogP contribution in [0, 0.1) is 23.1 Å². The Bertz CT molecular complexity index is 1780. The minimum atomic E-state index is -3.36. The van der Waals surface area contributed by atoms with E-state index in [0.717, 1.165) is 18.9 Å². The number of aromatic nitrogens is 3. The van der Waals surface area contributed by atoms with E-state index in [2.05, 4.69) is 28.2 Å². The first kappa shape index (κ1) is 32.3. The molecule has 46 heavy (non-hydrogen) atoms. The average molecular weight is 639 g/mol. The predicted octanol–water partition coefficient (Wildman–Crippen LogP) is 5.36. The molecule has 2 aromatic heterocycles. The largest absolute Gasteiger partial charge is 0.381 e. The molecule has 8 heterocycles. The maximum absolute atomic E-state index is 16.1. The van der Waals surface area contributed by atoms with Gasteiger partial charge in [0.25, 0.3) is 11.5 Å². The molecule has 3 aromatic rings. The summed E-state index contributed by atoms with van der Waals surface area (Å²) < 4.78 is 56.3. The first-order chi connectivity index (χ1) is 22.0. The van der Waals surface area contributed by atoms with E-state index in [-0.39, 0.29) is 41.4 Å². The van der Waals surface area contributed by atoms with Crippen molar-refractivity contribution in [1.29, 1.82) is 5.26 Å². The molecule has 0 radical (unpaired) electrons. The fourth-order valence-electron chi connectivity index (χ4n) is 7.59. The zero-order valence-electron chi connectivity index (χ0n) is 26.6. The van der Waals surface area contributed by atoms with Crippen LogP contribution in [0.5, 0.6) is 0 Å². The number of aryl methyl sites for hydroxylation is 2. The Kier molecular flexibility index (Phi) is 8.76. The minimum absolute atomic E-state index is 0.0169. The third-order valence-electron chi connectivity index (χ3n) is 10.5. The number of hydrogen-bond acceptors (Lipinski definition) is 7. The highest BCUT2D eigenvalue weighted by molar-refractivity contribution is 5.88. The summed E-state index contributed by atoms with van der Waals surface area (Å²) in [5, 5.41) is 13.8. The fourth-order valence-corrected chi connectivity index (χ4v) is 7.59. The number of ether oxygens (including phenoxy) is 1. The Hall–Kier alpha value is -3.69. The van der Waals surface area contributed by atoms with Crippen LogP contribution in [0.2, 0.25) is 0 Å². The van der Waals surface area contributed by atoms with Crippen LogP contribution in [0.15, 0.2) is 33.9 Å². The first-order valence-corrected chi connectivity index (χ1v) is 16.3. The summed E-state index contributed by atoms with van der Waals surface area (Å²) in [6.45, 7) is 5.70. The lowest BCUT2D eigenvalue weighted by atomic mass is 9.76. The van der Waals surface area contributed by atoms with Crippen molar-refractivity contribution in [2.24, 2.45) is 13.0 Å². The van der Waals surface area contributed by atoms with Gasteiger partial charge in [0.2, 0.25) is 0 Å². The third kappa shape index (κ3) is 5.51. The first-order valence-electron chi connectivity index (χ1n) is 16.3. The SMILES string of the molecule is CC1CCCCn2c(=O)nc(c3cc(C4(C#N)CCOCC4)c(=O)n(C)c32)N[C@H](C)c2cccc(c2F)C(F)(F)C2CCN1CC2. The number of anilines is 1. The normalized spacial score (nSPS) is 26.5. The Morgan fingerprint density at radius 2 is 1.76 bits per heavy atom. The molecule has 9 rings (SSSR count). The average Bonchev–Trinajstić information content (AvgIpc) is 3.05. The monoisotopic (exact) mass is 638 g/mol. The van der Waals surface area contributed by atoms with Crippen LogP contribution in [0.4, 0.5) is 19.0 Å². The van der Waals surface area contributed by atoms with Crippen molar-refractivity contribution in [3.8, 4) is 6.07 Å². The van der Waals surface area contributed by atoms with Crippen LogP contribution in [-0.2, 0) is 29.7 Å². The molecule has 12 heteroatoms. The molecule has 6 bridgehead atoms. The number of nitrogens with one attached hydrogen (secondary N) is 1. The third-order valence-corrected chi connectivity index (χ3v) is 10.5. The molecular weight excluding hydrogens is 597 g/mol. The van der Waals surface area contributed by atoms with Crippen molar-refractivity contribution in [3.63, 3.8) is 0 Å². The Labute approximate surface area is 266 Å². The number of pyridine rings is 1. The topological polar surface area (TPSA) is 105 Å². The van der Waals surface area contributed by atoms with Crippen LogP contribution >= 0.6 is 0 Å². The summed E-state index contributed by atoms with van der Waals surface area (Å²) in [6, 6.07) is 7.34. The maximum Gasteiger partial charge on any atom is 0.351 e. The molecule has 246 valence electrons. The molecule has 1 N–H and O–H groups in total. The molecular formula is C34H41F3N6O3. The van der Waals surface area contributed by atoms with E-state index in [4.69, 9.17) is 4.74 Å². The number of rotatable bonds is 1. The summed E-state index contributed by atoms with van der Waals surface area (Å²) in [7, 11) is 1.58. The number of halogens is 3. The second-order valence-corrected chi connectivity index (χ2v) is 13.2. The van der Waals surface area contributed by atoms with Gasteiger partial charge in [-0.1, -0.05) is 24.6 Å². The molecule has 2 saturated heterocycles. The molecule has 1 aromatic carbocycles. The highest BCUT2D eigenvalue weighted by atomic mass is 19.3. The van der Waals surface area contributed by atoms with Crippen molar-refractivity contribution in [3.05, 3.63) is 67.6 Å². The summed E-state index contributed by atoms with van der Waals surface area (Å²) in [6.07, 6.45) is 3.45. The van der Waals surface area contributed by atoms with Crippen LogP contribution in [0.1, 0.15) is 81.5 Å². The number of benzene rings is 1. The van der Waals surface area contributed by atoms with Gasteiger partial charge in [0.15, 0.2) is 0 Å². The molecule has 0 saturated carbocycles. The maximum atomic E-state index is 16.1. The molecule has 6 aliphatic rings. The van der Waals surface area contributed by atoms with Crippen molar-refractivity contribution in [1.82, 2.24) is 19.0 Å². The number of alkyl halides is 2. The lowest BCUT2D eigenvalue weighted by Crippen LogP contribution is -2.43. The van der Waals surface area contributed by atoms with Gasteiger partial charge in [-0.2, -0.15) is 10.2 Å². The van der Waals surface area contributed by atoms with Gasteiger partial charge in [-0.3, -0.25) is 13.9 Å². The summed E-state index contributed by atoms with van der Waals surface area (Å²) in [5.41, 5.74) is -2.06. The second-order valence-electron chi connectivity index (χ2n) is 13.2. The number of hydrogen-bond donors (Lipinski definition) is 1. The lowest BCUT2D eigenvalue weighted by Gasteiger charge is -2.39. The number of piperidine rings is 1. The van der Waals surface area contributed by atoms with Crippen molar-refractivity contribution in [2.45, 2.75) is 88.8 Å².